The lowest BCUT2D eigenvalue weighted by Crippen LogP contribution is -2.35. The Morgan fingerprint density at radius 2 is 1.46 bits per heavy atom. The zero-order chi connectivity index (χ0) is 19.0. The van der Waals surface area contributed by atoms with Gasteiger partial charge in [-0.3, -0.25) is 9.59 Å². The van der Waals surface area contributed by atoms with E-state index >= 15 is 0 Å². The van der Waals surface area contributed by atoms with Crippen LogP contribution < -0.4 is 15.4 Å². The summed E-state index contributed by atoms with van der Waals surface area (Å²) >= 11 is 0. The van der Waals surface area contributed by atoms with E-state index in [0.29, 0.717) is 13.0 Å². The lowest BCUT2D eigenvalue weighted by molar-refractivity contribution is -0.122. The van der Waals surface area contributed by atoms with Crippen molar-refractivity contribution in [3.05, 3.63) is 24.3 Å². The topological polar surface area (TPSA) is 87.7 Å². The number of unbranched alkanes of at least 4 members (excludes halogenated alkanes) is 7. The van der Waals surface area contributed by atoms with E-state index in [1.54, 1.807) is 24.3 Å². The highest BCUT2D eigenvalue weighted by atomic mass is 16.5. The van der Waals surface area contributed by atoms with Gasteiger partial charge in [-0.1, -0.05) is 38.5 Å². The van der Waals surface area contributed by atoms with E-state index in [0.717, 1.165) is 37.9 Å². The second-order valence-corrected chi connectivity index (χ2v) is 6.43. The van der Waals surface area contributed by atoms with Gasteiger partial charge in [-0.2, -0.15) is 0 Å². The fraction of sp³-hybridized carbons (Fsp3) is 0.600. The third kappa shape index (κ3) is 12.2. The number of hydrogen-bond acceptors (Lipinski definition) is 4. The molecule has 0 saturated heterocycles. The number of aromatic hydroxyl groups is 1. The molecule has 1 rings (SSSR count). The number of carbonyl (C=O) groups excluding carboxylic acids is 2. The van der Waals surface area contributed by atoms with Crippen molar-refractivity contribution < 1.29 is 19.4 Å². The molecule has 1 aromatic rings. The molecule has 0 saturated carbocycles. The minimum Gasteiger partial charge on any atom is -0.508 e. The number of hydrogen-bond donors (Lipinski definition) is 3. The fourth-order valence-corrected chi connectivity index (χ4v) is 2.54. The van der Waals surface area contributed by atoms with Gasteiger partial charge in [0.15, 0.2) is 0 Å². The molecule has 6 nitrogen and oxygen atoms in total. The molecule has 0 aliphatic rings. The van der Waals surface area contributed by atoms with E-state index in [9.17, 15) is 14.7 Å². The normalized spacial score (nSPS) is 10.3. The summed E-state index contributed by atoms with van der Waals surface area (Å²) in [7, 11) is 0. The first-order valence-electron chi connectivity index (χ1n) is 9.51. The van der Waals surface area contributed by atoms with Gasteiger partial charge in [-0.05, 0) is 37.1 Å². The molecule has 0 bridgehead atoms. The highest BCUT2D eigenvalue weighted by Crippen LogP contribution is 2.16. The Bertz CT molecular complexity index is 517. The van der Waals surface area contributed by atoms with E-state index in [4.69, 9.17) is 4.74 Å². The van der Waals surface area contributed by atoms with Crippen molar-refractivity contribution in [3.63, 3.8) is 0 Å². The maximum absolute atomic E-state index is 11.5. The van der Waals surface area contributed by atoms with E-state index in [-0.39, 0.29) is 24.2 Å². The molecular formula is C20H32N2O4. The number of amides is 2. The van der Waals surface area contributed by atoms with Crippen LogP contribution in [-0.2, 0) is 9.59 Å². The van der Waals surface area contributed by atoms with Crippen molar-refractivity contribution in [2.45, 2.75) is 64.7 Å². The van der Waals surface area contributed by atoms with Crippen LogP contribution in [-0.4, -0.2) is 30.2 Å². The van der Waals surface area contributed by atoms with Gasteiger partial charge in [-0.15, -0.1) is 0 Å². The first-order valence-corrected chi connectivity index (χ1v) is 9.51. The van der Waals surface area contributed by atoms with E-state index < -0.39 is 0 Å². The highest BCUT2D eigenvalue weighted by molar-refractivity contribution is 5.77. The molecule has 26 heavy (non-hydrogen) atoms. The fourth-order valence-electron chi connectivity index (χ4n) is 2.54. The average Bonchev–Trinajstić information content (AvgIpc) is 2.61. The number of benzene rings is 1. The molecule has 146 valence electrons. The van der Waals surface area contributed by atoms with Crippen molar-refractivity contribution in [3.8, 4) is 11.5 Å². The van der Waals surface area contributed by atoms with Gasteiger partial charge in [-0.25, -0.2) is 0 Å². The first kappa shape index (κ1) is 21.8. The van der Waals surface area contributed by atoms with Crippen LogP contribution in [0.5, 0.6) is 11.5 Å². The summed E-state index contributed by atoms with van der Waals surface area (Å²) in [6.45, 7) is 2.35. The summed E-state index contributed by atoms with van der Waals surface area (Å²) < 4.78 is 5.61. The Morgan fingerprint density at radius 1 is 0.885 bits per heavy atom. The van der Waals surface area contributed by atoms with Gasteiger partial charge in [0.05, 0.1) is 13.3 Å². The van der Waals surface area contributed by atoms with Crippen molar-refractivity contribution in [2.24, 2.45) is 0 Å². The maximum Gasteiger partial charge on any atom is 0.221 e. The zero-order valence-electron chi connectivity index (χ0n) is 15.8. The van der Waals surface area contributed by atoms with Crippen LogP contribution >= 0.6 is 0 Å². The van der Waals surface area contributed by atoms with Crippen LogP contribution in [0.2, 0.25) is 0 Å². The molecule has 0 unspecified atom stereocenters. The predicted octanol–water partition coefficient (Wildman–Crippen LogP) is 3.49. The standard InChI is InChI=1S/C20H32N2O4/c1-17(23)21-16-22-20(25)10-8-6-4-2-3-5-7-9-15-26-19-13-11-18(24)12-14-19/h11-14,24H,2-10,15-16H2,1H3,(H,21,23)(H,22,25). The van der Waals surface area contributed by atoms with Crippen molar-refractivity contribution in [2.75, 3.05) is 13.3 Å². The highest BCUT2D eigenvalue weighted by Gasteiger charge is 2.01. The smallest absolute Gasteiger partial charge is 0.221 e. The second-order valence-electron chi connectivity index (χ2n) is 6.43. The minimum absolute atomic E-state index is 0.00706. The Hall–Kier alpha value is -2.24. The second kappa shape index (κ2) is 14.0. The Balaban J connectivity index is 1.82. The summed E-state index contributed by atoms with van der Waals surface area (Å²) in [6, 6.07) is 6.80. The third-order valence-corrected chi connectivity index (χ3v) is 4.03. The summed E-state index contributed by atoms with van der Waals surface area (Å²) in [4.78, 5) is 22.2. The zero-order valence-corrected chi connectivity index (χ0v) is 15.8. The third-order valence-electron chi connectivity index (χ3n) is 4.03. The maximum atomic E-state index is 11.5. The Morgan fingerprint density at radius 3 is 2.08 bits per heavy atom. The van der Waals surface area contributed by atoms with E-state index in [1.165, 1.54) is 26.2 Å². The lowest BCUT2D eigenvalue weighted by atomic mass is 10.1. The van der Waals surface area contributed by atoms with Gasteiger partial charge >= 0.3 is 0 Å². The summed E-state index contributed by atoms with van der Waals surface area (Å²) in [5.41, 5.74) is 0. The van der Waals surface area contributed by atoms with Crippen LogP contribution in [0.25, 0.3) is 0 Å². The van der Waals surface area contributed by atoms with Crippen LogP contribution in [0.1, 0.15) is 64.7 Å². The molecule has 0 aliphatic carbocycles. The van der Waals surface area contributed by atoms with Gasteiger partial charge < -0.3 is 20.5 Å². The molecule has 0 radical (unpaired) electrons. The van der Waals surface area contributed by atoms with Gasteiger partial charge in [0, 0.05) is 13.3 Å². The predicted molar refractivity (Wildman–Crippen MR) is 102 cm³/mol. The average molecular weight is 364 g/mol. The van der Waals surface area contributed by atoms with Crippen molar-refractivity contribution >= 4 is 11.8 Å². The molecule has 3 N–H and O–H groups in total. The van der Waals surface area contributed by atoms with Crippen LogP contribution in [0.4, 0.5) is 0 Å². The van der Waals surface area contributed by atoms with Crippen molar-refractivity contribution in [1.82, 2.24) is 10.6 Å². The Labute approximate surface area is 156 Å². The minimum atomic E-state index is -0.141. The number of phenols is 1. The SMILES string of the molecule is CC(=O)NCNC(=O)CCCCCCCCCCOc1ccc(O)cc1. The molecule has 0 aliphatic heterocycles. The number of ether oxygens (including phenoxy) is 1. The number of rotatable bonds is 14. The molecule has 1 aromatic carbocycles. The van der Waals surface area contributed by atoms with E-state index in [2.05, 4.69) is 10.6 Å². The molecular weight excluding hydrogens is 332 g/mol. The van der Waals surface area contributed by atoms with E-state index in [1.807, 2.05) is 0 Å². The van der Waals surface area contributed by atoms with Crippen molar-refractivity contribution in [1.29, 1.82) is 0 Å². The molecule has 6 heteroatoms. The molecule has 0 heterocycles. The molecule has 0 aromatic heterocycles. The quantitative estimate of drug-likeness (QED) is 0.348. The van der Waals surface area contributed by atoms with Gasteiger partial charge in [0.1, 0.15) is 11.5 Å². The monoisotopic (exact) mass is 364 g/mol. The molecule has 0 spiro atoms. The summed E-state index contributed by atoms with van der Waals surface area (Å²) in [6.07, 6.45) is 9.45. The van der Waals surface area contributed by atoms with Gasteiger partial charge in [0.2, 0.25) is 11.8 Å². The van der Waals surface area contributed by atoms with Gasteiger partial charge in [0.25, 0.3) is 0 Å². The number of nitrogens with one attached hydrogen (secondary N) is 2. The molecule has 0 atom stereocenters. The largest absolute Gasteiger partial charge is 0.508 e. The summed E-state index contributed by atoms with van der Waals surface area (Å²) in [5.74, 6) is 0.900. The number of phenolic OH excluding ortho intramolecular Hbond substituents is 1. The van der Waals surface area contributed by atoms with Crippen LogP contribution in [0.3, 0.4) is 0 Å². The lowest BCUT2D eigenvalue weighted by Gasteiger charge is -2.06. The van der Waals surface area contributed by atoms with Crippen LogP contribution in [0, 0.1) is 0 Å². The Kier molecular flexibility index (Phi) is 11.7. The number of carbonyl (C=O) groups is 2. The molecule has 2 amide bonds. The molecule has 0 fully saturated rings. The summed E-state index contributed by atoms with van der Waals surface area (Å²) in [5, 5.41) is 14.4. The first-order chi connectivity index (χ1) is 12.6. The van der Waals surface area contributed by atoms with Crippen LogP contribution in [0.15, 0.2) is 24.3 Å².